The van der Waals surface area contributed by atoms with Gasteiger partial charge in [0, 0.05) is 23.9 Å². The van der Waals surface area contributed by atoms with Gasteiger partial charge in [0.15, 0.2) is 12.4 Å². The van der Waals surface area contributed by atoms with Crippen molar-refractivity contribution in [3.05, 3.63) is 33.9 Å². The summed E-state index contributed by atoms with van der Waals surface area (Å²) in [4.78, 5) is 22.0. The largest absolute Gasteiger partial charge is 0.480 e. The average molecular weight is 384 g/mol. The summed E-state index contributed by atoms with van der Waals surface area (Å²) in [7, 11) is 0. The fourth-order valence-electron chi connectivity index (χ4n) is 1.64. The molecule has 0 saturated carbocycles. The fourth-order valence-corrected chi connectivity index (χ4v) is 2.18. The van der Waals surface area contributed by atoms with Crippen LogP contribution in [0.4, 0.5) is 23.2 Å². The number of benzene rings is 1. The van der Waals surface area contributed by atoms with Crippen LogP contribution in [0.5, 0.6) is 5.75 Å². The molecule has 1 amide bonds. The number of amides is 1. The Morgan fingerprint density at radius 3 is 2.68 bits per heavy atom. The number of nitrogens with zero attached hydrogens (tertiary/aromatic N) is 1. The van der Waals surface area contributed by atoms with Crippen LogP contribution in [0.15, 0.2) is 18.2 Å². The lowest BCUT2D eigenvalue weighted by molar-refractivity contribution is -0.386. The molecule has 0 spiro atoms. The van der Waals surface area contributed by atoms with Gasteiger partial charge in [-0.2, -0.15) is 20.5 Å². The molecule has 25 heavy (non-hydrogen) atoms. The first-order chi connectivity index (χ1) is 11.7. The number of carbonyl (C=O) groups is 1. The van der Waals surface area contributed by atoms with Gasteiger partial charge in [0.2, 0.25) is 0 Å². The second kappa shape index (κ2) is 9.44. The number of nitro benzene ring substituents is 1. The van der Waals surface area contributed by atoms with Crippen LogP contribution in [0, 0.1) is 10.1 Å². The maximum absolute atomic E-state index is 12.9. The summed E-state index contributed by atoms with van der Waals surface area (Å²) >= 11 is 1.59. The molecule has 0 aliphatic carbocycles. The number of nitro groups is 1. The van der Waals surface area contributed by atoms with Crippen LogP contribution < -0.4 is 10.1 Å². The van der Waals surface area contributed by atoms with Gasteiger partial charge in [0.05, 0.1) is 4.92 Å². The minimum atomic E-state index is -4.44. The molecule has 11 heteroatoms. The molecule has 0 fully saturated rings. The number of thioether (sulfide) groups is 1. The Hall–Kier alpha value is -2.04. The maximum Gasteiger partial charge on any atom is 0.340 e. The van der Waals surface area contributed by atoms with Gasteiger partial charge in [-0.25, -0.2) is 8.78 Å². The number of hydrogen-bond donors (Lipinski definition) is 1. The Bertz CT molecular complexity index is 616. The average Bonchev–Trinajstić information content (AvgIpc) is 2.56. The third-order valence-corrected chi connectivity index (χ3v) is 3.79. The third kappa shape index (κ3) is 6.40. The number of ether oxygens (including phenoxy) is 1. The SMILES string of the molecule is CCSCCNC(=O)c1ccc(OCC(F)(F)C(F)F)c([N+](=O)[O-])c1. The molecular formula is C14H16F4N2O4S. The van der Waals surface area contributed by atoms with E-state index < -0.39 is 41.2 Å². The Labute approximate surface area is 145 Å². The van der Waals surface area contributed by atoms with Gasteiger partial charge in [-0.3, -0.25) is 14.9 Å². The van der Waals surface area contributed by atoms with Crippen LogP contribution in [0.3, 0.4) is 0 Å². The molecule has 0 atom stereocenters. The summed E-state index contributed by atoms with van der Waals surface area (Å²) in [5, 5.41) is 13.6. The minimum Gasteiger partial charge on any atom is -0.480 e. The van der Waals surface area contributed by atoms with E-state index in [1.165, 1.54) is 0 Å². The highest BCUT2D eigenvalue weighted by atomic mass is 32.2. The molecule has 1 rings (SSSR count). The lowest BCUT2D eigenvalue weighted by atomic mass is 10.1. The van der Waals surface area contributed by atoms with Crippen molar-refractivity contribution in [2.45, 2.75) is 19.3 Å². The van der Waals surface area contributed by atoms with Crippen molar-refractivity contribution in [3.8, 4) is 5.75 Å². The molecule has 1 aromatic carbocycles. The van der Waals surface area contributed by atoms with Gasteiger partial charge in [0.25, 0.3) is 5.91 Å². The summed E-state index contributed by atoms with van der Waals surface area (Å²) in [5.41, 5.74) is -0.832. The van der Waals surface area contributed by atoms with E-state index in [1.807, 2.05) is 6.92 Å². The molecule has 1 N–H and O–H groups in total. The Balaban J connectivity index is 2.85. The van der Waals surface area contributed by atoms with Gasteiger partial charge in [-0.05, 0) is 17.9 Å². The number of halogens is 4. The zero-order chi connectivity index (χ0) is 19.0. The first-order valence-corrected chi connectivity index (χ1v) is 8.27. The highest BCUT2D eigenvalue weighted by Gasteiger charge is 2.42. The quantitative estimate of drug-likeness (QED) is 0.290. The molecule has 0 aliphatic heterocycles. The minimum absolute atomic E-state index is 0.0684. The molecular weight excluding hydrogens is 368 g/mol. The van der Waals surface area contributed by atoms with Crippen molar-refractivity contribution in [1.29, 1.82) is 0 Å². The van der Waals surface area contributed by atoms with Crippen LogP contribution in [0.25, 0.3) is 0 Å². The number of alkyl halides is 4. The molecule has 140 valence electrons. The topological polar surface area (TPSA) is 81.5 Å². The first-order valence-electron chi connectivity index (χ1n) is 7.12. The molecule has 0 aromatic heterocycles. The summed E-state index contributed by atoms with van der Waals surface area (Å²) in [5.74, 6) is -4.11. The van der Waals surface area contributed by atoms with Gasteiger partial charge in [-0.1, -0.05) is 6.92 Å². The van der Waals surface area contributed by atoms with Crippen LogP contribution >= 0.6 is 11.8 Å². The van der Waals surface area contributed by atoms with Crippen molar-refractivity contribution in [2.24, 2.45) is 0 Å². The fraction of sp³-hybridized carbons (Fsp3) is 0.500. The van der Waals surface area contributed by atoms with Gasteiger partial charge >= 0.3 is 18.0 Å². The van der Waals surface area contributed by atoms with Crippen molar-refractivity contribution in [1.82, 2.24) is 5.32 Å². The van der Waals surface area contributed by atoms with E-state index >= 15 is 0 Å². The number of hydrogen-bond acceptors (Lipinski definition) is 5. The van der Waals surface area contributed by atoms with E-state index in [4.69, 9.17) is 0 Å². The van der Waals surface area contributed by atoms with Crippen molar-refractivity contribution in [2.75, 3.05) is 24.7 Å². The molecule has 0 heterocycles. The zero-order valence-corrected chi connectivity index (χ0v) is 14.0. The van der Waals surface area contributed by atoms with Crippen LogP contribution in [-0.2, 0) is 0 Å². The van der Waals surface area contributed by atoms with Crippen molar-refractivity contribution in [3.63, 3.8) is 0 Å². The predicted octanol–water partition coefficient (Wildman–Crippen LogP) is 3.36. The summed E-state index contributed by atoms with van der Waals surface area (Å²) in [6.45, 7) is 0.585. The van der Waals surface area contributed by atoms with E-state index in [2.05, 4.69) is 10.1 Å². The molecule has 1 aromatic rings. The second-order valence-electron chi connectivity index (χ2n) is 4.74. The first kappa shape index (κ1) is 21.0. The highest BCUT2D eigenvalue weighted by Crippen LogP contribution is 2.31. The van der Waals surface area contributed by atoms with Gasteiger partial charge < -0.3 is 10.1 Å². The lowest BCUT2D eigenvalue weighted by Crippen LogP contribution is -2.33. The molecule has 0 aliphatic rings. The zero-order valence-electron chi connectivity index (χ0n) is 13.1. The lowest BCUT2D eigenvalue weighted by Gasteiger charge is -2.16. The Kier molecular flexibility index (Phi) is 7.94. The van der Waals surface area contributed by atoms with Crippen LogP contribution in [-0.4, -0.2) is 47.8 Å². The smallest absolute Gasteiger partial charge is 0.340 e. The molecule has 0 bridgehead atoms. The molecule has 0 radical (unpaired) electrons. The van der Waals surface area contributed by atoms with Crippen LogP contribution in [0.1, 0.15) is 17.3 Å². The summed E-state index contributed by atoms with van der Waals surface area (Å²) in [6, 6.07) is 2.90. The van der Waals surface area contributed by atoms with Crippen molar-refractivity contribution >= 4 is 23.4 Å². The monoisotopic (exact) mass is 384 g/mol. The van der Waals surface area contributed by atoms with E-state index in [1.54, 1.807) is 11.8 Å². The van der Waals surface area contributed by atoms with Crippen LogP contribution in [0.2, 0.25) is 0 Å². The van der Waals surface area contributed by atoms with Crippen molar-refractivity contribution < 1.29 is 32.0 Å². The Morgan fingerprint density at radius 2 is 2.12 bits per heavy atom. The highest BCUT2D eigenvalue weighted by molar-refractivity contribution is 7.99. The van der Waals surface area contributed by atoms with E-state index in [-0.39, 0.29) is 5.56 Å². The predicted molar refractivity (Wildman–Crippen MR) is 84.9 cm³/mol. The van der Waals surface area contributed by atoms with E-state index in [0.29, 0.717) is 12.3 Å². The number of nitrogens with one attached hydrogen (secondary N) is 1. The maximum atomic E-state index is 12.9. The number of rotatable bonds is 10. The summed E-state index contributed by atoms with van der Waals surface area (Å²) < 4.78 is 54.4. The standard InChI is InChI=1S/C14H16F4N2O4S/c1-2-25-6-5-19-12(21)9-3-4-11(10(7-9)20(22)23)24-8-14(17,18)13(15)16/h3-4,7,13H,2,5-6,8H2,1H3,(H,19,21). The van der Waals surface area contributed by atoms with E-state index in [9.17, 15) is 32.5 Å². The van der Waals surface area contributed by atoms with Gasteiger partial charge in [0.1, 0.15) is 0 Å². The molecule has 0 unspecified atom stereocenters. The van der Waals surface area contributed by atoms with Gasteiger partial charge in [-0.15, -0.1) is 0 Å². The molecule has 6 nitrogen and oxygen atoms in total. The third-order valence-electron chi connectivity index (χ3n) is 2.89. The normalized spacial score (nSPS) is 11.4. The second-order valence-corrected chi connectivity index (χ2v) is 6.14. The summed E-state index contributed by atoms with van der Waals surface area (Å²) in [6.07, 6.45) is -3.96. The molecule has 0 saturated heterocycles. The van der Waals surface area contributed by atoms with E-state index in [0.717, 1.165) is 24.0 Å². The number of carbonyl (C=O) groups excluding carboxylic acids is 1. The Morgan fingerprint density at radius 1 is 1.44 bits per heavy atom.